The number of carbonyl (C=O) groups is 1. The first-order valence-electron chi connectivity index (χ1n) is 10.00. The maximum atomic E-state index is 14.6. The van der Waals surface area contributed by atoms with Crippen molar-refractivity contribution in [3.05, 3.63) is 36.2 Å². The van der Waals surface area contributed by atoms with Crippen molar-refractivity contribution in [2.45, 2.75) is 38.5 Å². The monoisotopic (exact) mass is 488 g/mol. The van der Waals surface area contributed by atoms with Crippen LogP contribution in [0, 0.1) is 12.7 Å². The lowest BCUT2D eigenvalue weighted by molar-refractivity contribution is 0.0636. The minimum atomic E-state index is -3.83. The molecule has 0 aliphatic carbocycles. The van der Waals surface area contributed by atoms with Crippen LogP contribution in [-0.4, -0.2) is 51.3 Å². The molecule has 4 rings (SSSR count). The van der Waals surface area contributed by atoms with E-state index in [1.807, 2.05) is 0 Å². The number of hydrogen-bond donors (Lipinski definition) is 2. The number of anilines is 1. The molecule has 1 amide bonds. The van der Waals surface area contributed by atoms with Gasteiger partial charge in [-0.2, -0.15) is 9.97 Å². The molecule has 0 radical (unpaired) electrons. The third kappa shape index (κ3) is 4.88. The van der Waals surface area contributed by atoms with Gasteiger partial charge in [0, 0.05) is 11.6 Å². The van der Waals surface area contributed by atoms with Gasteiger partial charge in [0.1, 0.15) is 22.9 Å². The van der Waals surface area contributed by atoms with Crippen LogP contribution in [0.25, 0.3) is 21.9 Å². The van der Waals surface area contributed by atoms with Crippen molar-refractivity contribution in [2.75, 3.05) is 11.6 Å². The van der Waals surface area contributed by atoms with E-state index in [0.717, 1.165) is 12.3 Å². The van der Waals surface area contributed by atoms with Gasteiger partial charge in [-0.15, -0.1) is 0 Å². The second kappa shape index (κ2) is 8.17. The number of nitrogens with one attached hydrogen (secondary N) is 2. The van der Waals surface area contributed by atoms with Crippen LogP contribution >= 0.6 is 0 Å². The molecular formula is C21H21FN6O5S. The summed E-state index contributed by atoms with van der Waals surface area (Å²) in [6, 6.07) is 2.29. The first-order valence-corrected chi connectivity index (χ1v) is 11.9. The Hall–Kier alpha value is -3.87. The summed E-state index contributed by atoms with van der Waals surface area (Å²) < 4.78 is 50.0. The summed E-state index contributed by atoms with van der Waals surface area (Å²) in [4.78, 5) is 31.4. The fourth-order valence-electron chi connectivity index (χ4n) is 3.11. The number of rotatable bonds is 4. The third-order valence-corrected chi connectivity index (χ3v) is 5.26. The predicted octanol–water partition coefficient (Wildman–Crippen LogP) is 3.89. The van der Waals surface area contributed by atoms with E-state index in [9.17, 15) is 17.6 Å². The number of nitrogens with zero attached hydrogens (tertiary/aromatic N) is 4. The summed E-state index contributed by atoms with van der Waals surface area (Å²) in [7, 11) is -3.83. The third-order valence-electron chi connectivity index (χ3n) is 4.41. The highest BCUT2D eigenvalue weighted by atomic mass is 32.2. The van der Waals surface area contributed by atoms with Gasteiger partial charge in [-0.05, 0) is 39.8 Å². The first kappa shape index (κ1) is 23.3. The van der Waals surface area contributed by atoms with Gasteiger partial charge in [-0.3, -0.25) is 5.32 Å². The number of H-pyrrole nitrogens is 1. The van der Waals surface area contributed by atoms with Crippen molar-refractivity contribution in [1.29, 1.82) is 0 Å². The van der Waals surface area contributed by atoms with Gasteiger partial charge in [-0.25, -0.2) is 27.6 Å². The predicted molar refractivity (Wildman–Crippen MR) is 121 cm³/mol. The summed E-state index contributed by atoms with van der Waals surface area (Å²) in [5.74, 6) is -0.138. The average Bonchev–Trinajstić information content (AvgIpc) is 3.06. The maximum Gasteiger partial charge on any atom is 0.412 e. The van der Waals surface area contributed by atoms with E-state index in [1.165, 1.54) is 18.5 Å². The van der Waals surface area contributed by atoms with E-state index in [-0.39, 0.29) is 39.3 Å². The number of carbonyl (C=O) groups excluding carboxylic acids is 1. The van der Waals surface area contributed by atoms with Crippen LogP contribution in [0.4, 0.5) is 14.9 Å². The summed E-state index contributed by atoms with van der Waals surface area (Å²) in [6.45, 7) is 6.77. The Morgan fingerprint density at radius 3 is 2.44 bits per heavy atom. The zero-order valence-electron chi connectivity index (χ0n) is 18.9. The summed E-state index contributed by atoms with van der Waals surface area (Å²) in [6.07, 6.45) is 2.93. The van der Waals surface area contributed by atoms with Gasteiger partial charge in [0.15, 0.2) is 5.75 Å². The Morgan fingerprint density at radius 1 is 1.15 bits per heavy atom. The molecule has 11 nitrogen and oxygen atoms in total. The van der Waals surface area contributed by atoms with Crippen molar-refractivity contribution in [3.8, 4) is 11.6 Å². The number of ether oxygens (including phenoxy) is 2. The molecule has 3 aromatic heterocycles. The SMILES string of the molecule is Cc1ncc(Oc2nc(S(C)(=O)=O)nc3[nH]c4c(NC(=O)OC(C)(C)C)cc(F)cc4c23)cn1. The minimum Gasteiger partial charge on any atom is -0.444 e. The van der Waals surface area contributed by atoms with E-state index < -0.39 is 32.5 Å². The molecule has 2 N–H and O–H groups in total. The second-order valence-electron chi connectivity index (χ2n) is 8.50. The number of amides is 1. The van der Waals surface area contributed by atoms with Gasteiger partial charge in [0.05, 0.1) is 29.0 Å². The molecule has 0 aliphatic heterocycles. The molecule has 4 aromatic rings. The van der Waals surface area contributed by atoms with E-state index >= 15 is 0 Å². The number of aromatic nitrogens is 5. The van der Waals surface area contributed by atoms with Crippen molar-refractivity contribution >= 4 is 43.6 Å². The molecule has 0 aliphatic rings. The Balaban J connectivity index is 1.93. The number of benzene rings is 1. The van der Waals surface area contributed by atoms with E-state index in [0.29, 0.717) is 5.82 Å². The number of aromatic amines is 1. The number of hydrogen-bond acceptors (Lipinski definition) is 9. The topological polar surface area (TPSA) is 149 Å². The van der Waals surface area contributed by atoms with Crippen molar-refractivity contribution in [3.63, 3.8) is 0 Å². The zero-order valence-corrected chi connectivity index (χ0v) is 19.7. The normalized spacial score (nSPS) is 12.2. The van der Waals surface area contributed by atoms with Crippen molar-refractivity contribution < 1.29 is 27.1 Å². The van der Waals surface area contributed by atoms with Crippen molar-refractivity contribution in [1.82, 2.24) is 24.9 Å². The lowest BCUT2D eigenvalue weighted by atomic mass is 10.1. The lowest BCUT2D eigenvalue weighted by Gasteiger charge is -2.19. The Kier molecular flexibility index (Phi) is 5.59. The number of sulfone groups is 1. The highest BCUT2D eigenvalue weighted by Gasteiger charge is 2.24. The van der Waals surface area contributed by atoms with Crippen LogP contribution in [0.2, 0.25) is 0 Å². The van der Waals surface area contributed by atoms with E-state index in [1.54, 1.807) is 27.7 Å². The van der Waals surface area contributed by atoms with Crippen LogP contribution < -0.4 is 10.1 Å². The van der Waals surface area contributed by atoms with Gasteiger partial charge in [0.25, 0.3) is 5.16 Å². The standard InChI is InChI=1S/C21H21FN6O5S/c1-10-23-8-12(9-24-10)32-18-15-13-6-11(22)7-14(25-20(29)33-21(2,3)4)16(13)26-17(15)27-19(28-18)34(5,30)31/h6-9H,1-5H3,(H,25,29)(H,26,27,28). The lowest BCUT2D eigenvalue weighted by Crippen LogP contribution is -2.27. The first-order chi connectivity index (χ1) is 15.8. The molecule has 0 saturated heterocycles. The Morgan fingerprint density at radius 2 is 1.82 bits per heavy atom. The van der Waals surface area contributed by atoms with Crippen LogP contribution in [0.1, 0.15) is 26.6 Å². The van der Waals surface area contributed by atoms with Crippen molar-refractivity contribution in [2.24, 2.45) is 0 Å². The van der Waals surface area contributed by atoms with Gasteiger partial charge in [0.2, 0.25) is 15.7 Å². The Bertz CT molecular complexity index is 1530. The molecule has 1 aromatic carbocycles. The minimum absolute atomic E-state index is 0.0614. The largest absolute Gasteiger partial charge is 0.444 e. The fourth-order valence-corrected chi connectivity index (χ4v) is 3.61. The molecule has 0 fully saturated rings. The number of aryl methyl sites for hydroxylation is 1. The highest BCUT2D eigenvalue weighted by Crippen LogP contribution is 2.37. The maximum absolute atomic E-state index is 14.6. The molecule has 0 unspecified atom stereocenters. The number of fused-ring (bicyclic) bond motifs is 3. The molecule has 0 atom stereocenters. The molecule has 0 spiro atoms. The zero-order chi connectivity index (χ0) is 24.8. The van der Waals surface area contributed by atoms with E-state index in [2.05, 4.69) is 30.2 Å². The summed E-state index contributed by atoms with van der Waals surface area (Å²) in [5.41, 5.74) is -0.379. The summed E-state index contributed by atoms with van der Waals surface area (Å²) >= 11 is 0. The average molecular weight is 489 g/mol. The molecule has 34 heavy (non-hydrogen) atoms. The number of halogens is 1. The molecule has 3 heterocycles. The molecule has 0 saturated carbocycles. The Labute approximate surface area is 193 Å². The highest BCUT2D eigenvalue weighted by molar-refractivity contribution is 7.90. The molecule has 178 valence electrons. The quantitative estimate of drug-likeness (QED) is 0.408. The van der Waals surface area contributed by atoms with Gasteiger partial charge >= 0.3 is 6.09 Å². The fraction of sp³-hybridized carbons (Fsp3) is 0.286. The smallest absolute Gasteiger partial charge is 0.412 e. The van der Waals surface area contributed by atoms with Crippen LogP contribution in [0.3, 0.4) is 0 Å². The molecule has 13 heteroatoms. The molecular weight excluding hydrogens is 467 g/mol. The van der Waals surface area contributed by atoms with Crippen LogP contribution in [0.15, 0.2) is 29.7 Å². The van der Waals surface area contributed by atoms with Crippen LogP contribution in [0.5, 0.6) is 11.6 Å². The molecule has 0 bridgehead atoms. The van der Waals surface area contributed by atoms with Crippen LogP contribution in [-0.2, 0) is 14.6 Å². The van der Waals surface area contributed by atoms with Gasteiger partial charge in [-0.1, -0.05) is 0 Å². The van der Waals surface area contributed by atoms with Gasteiger partial charge < -0.3 is 14.5 Å². The van der Waals surface area contributed by atoms with E-state index in [4.69, 9.17) is 9.47 Å². The summed E-state index contributed by atoms with van der Waals surface area (Å²) in [5, 5.41) is 2.46. The second-order valence-corrected chi connectivity index (χ2v) is 10.4.